The highest BCUT2D eigenvalue weighted by atomic mass is 35.5. The van der Waals surface area contributed by atoms with Crippen LogP contribution in [0.2, 0.25) is 5.02 Å². The van der Waals surface area contributed by atoms with E-state index < -0.39 is 0 Å². The van der Waals surface area contributed by atoms with E-state index in [4.69, 9.17) is 16.3 Å². The molecule has 0 amide bonds. The average Bonchev–Trinajstić information content (AvgIpc) is 2.93. The van der Waals surface area contributed by atoms with Gasteiger partial charge in [-0.25, -0.2) is 9.97 Å². The molecule has 1 aromatic carbocycles. The van der Waals surface area contributed by atoms with E-state index in [9.17, 15) is 0 Å². The van der Waals surface area contributed by atoms with Crippen molar-refractivity contribution in [3.8, 4) is 16.9 Å². The van der Waals surface area contributed by atoms with Crippen molar-refractivity contribution in [1.82, 2.24) is 15.0 Å². The lowest BCUT2D eigenvalue weighted by molar-refractivity contribution is 0.239. The summed E-state index contributed by atoms with van der Waals surface area (Å²) in [6.07, 6.45) is 2.91. The van der Waals surface area contributed by atoms with E-state index >= 15 is 0 Å². The number of aryl methyl sites for hydroxylation is 1. The SMILES string of the molecule is Cc1nc2nccc(-c3ccc(OCC(C)CC(C)C)c(Cl)c3)c2[nH]1. The summed E-state index contributed by atoms with van der Waals surface area (Å²) in [5.74, 6) is 2.75. The predicted octanol–water partition coefficient (Wildman–Crippen LogP) is 5.65. The lowest BCUT2D eigenvalue weighted by atomic mass is 10.00. The number of ether oxygens (including phenoxy) is 1. The molecule has 2 aromatic heterocycles. The zero-order chi connectivity index (χ0) is 18.0. The molecule has 3 aromatic rings. The molecule has 0 saturated heterocycles. The Bertz CT molecular complexity index is 873. The minimum atomic E-state index is 0.503. The summed E-state index contributed by atoms with van der Waals surface area (Å²) in [5, 5.41) is 0.621. The van der Waals surface area contributed by atoms with Gasteiger partial charge in [0.25, 0.3) is 0 Å². The number of nitrogens with zero attached hydrogens (tertiary/aromatic N) is 2. The van der Waals surface area contributed by atoms with Crippen LogP contribution >= 0.6 is 11.6 Å². The van der Waals surface area contributed by atoms with Crippen LogP contribution in [-0.2, 0) is 0 Å². The first kappa shape index (κ1) is 17.7. The highest BCUT2D eigenvalue weighted by Gasteiger charge is 2.12. The van der Waals surface area contributed by atoms with Gasteiger partial charge >= 0.3 is 0 Å². The number of hydrogen-bond acceptors (Lipinski definition) is 3. The van der Waals surface area contributed by atoms with Gasteiger partial charge < -0.3 is 9.72 Å². The van der Waals surface area contributed by atoms with Gasteiger partial charge in [-0.3, -0.25) is 0 Å². The van der Waals surface area contributed by atoms with Crippen molar-refractivity contribution in [3.05, 3.63) is 41.3 Å². The van der Waals surface area contributed by atoms with E-state index in [1.807, 2.05) is 31.2 Å². The maximum Gasteiger partial charge on any atom is 0.178 e. The Morgan fingerprint density at radius 3 is 2.72 bits per heavy atom. The van der Waals surface area contributed by atoms with Gasteiger partial charge in [0.2, 0.25) is 0 Å². The second kappa shape index (κ2) is 7.44. The van der Waals surface area contributed by atoms with Crippen molar-refractivity contribution in [2.24, 2.45) is 11.8 Å². The molecule has 0 saturated carbocycles. The van der Waals surface area contributed by atoms with Gasteiger partial charge in [0.1, 0.15) is 11.6 Å². The van der Waals surface area contributed by atoms with E-state index in [1.54, 1.807) is 6.20 Å². The molecule has 0 spiro atoms. The van der Waals surface area contributed by atoms with Gasteiger partial charge in [-0.2, -0.15) is 0 Å². The van der Waals surface area contributed by atoms with Gasteiger partial charge in [0.05, 0.1) is 17.1 Å². The molecule has 3 rings (SSSR count). The fourth-order valence-corrected chi connectivity index (χ4v) is 3.39. The summed E-state index contributed by atoms with van der Waals surface area (Å²) >= 11 is 6.46. The Morgan fingerprint density at radius 2 is 2.00 bits per heavy atom. The molecule has 4 nitrogen and oxygen atoms in total. The number of imidazole rings is 1. The maximum atomic E-state index is 6.46. The van der Waals surface area contributed by atoms with E-state index in [0.29, 0.717) is 29.1 Å². The van der Waals surface area contributed by atoms with E-state index in [-0.39, 0.29) is 0 Å². The number of halogens is 1. The lowest BCUT2D eigenvalue weighted by Gasteiger charge is -2.16. The fraction of sp³-hybridized carbons (Fsp3) is 0.400. The predicted molar refractivity (Wildman–Crippen MR) is 103 cm³/mol. The molecule has 1 N–H and O–H groups in total. The first-order valence-electron chi connectivity index (χ1n) is 8.68. The molecule has 5 heteroatoms. The second-order valence-corrected chi connectivity index (χ2v) is 7.48. The number of aromatic nitrogens is 3. The molecule has 0 aliphatic heterocycles. The Hall–Kier alpha value is -2.07. The van der Waals surface area contributed by atoms with Gasteiger partial charge in [0, 0.05) is 11.8 Å². The number of H-pyrrole nitrogens is 1. The molecular weight excluding hydrogens is 334 g/mol. The van der Waals surface area contributed by atoms with Crippen LogP contribution in [0.3, 0.4) is 0 Å². The first-order chi connectivity index (χ1) is 11.9. The van der Waals surface area contributed by atoms with Crippen molar-refractivity contribution in [1.29, 1.82) is 0 Å². The van der Waals surface area contributed by atoms with E-state index in [1.165, 1.54) is 0 Å². The lowest BCUT2D eigenvalue weighted by Crippen LogP contribution is -2.11. The van der Waals surface area contributed by atoms with Crippen LogP contribution in [0.15, 0.2) is 30.5 Å². The number of fused-ring (bicyclic) bond motifs is 1. The molecule has 0 fully saturated rings. The van der Waals surface area contributed by atoms with Crippen LogP contribution in [0.4, 0.5) is 0 Å². The number of pyridine rings is 1. The number of aromatic amines is 1. The zero-order valence-electron chi connectivity index (χ0n) is 15.1. The van der Waals surface area contributed by atoms with Crippen LogP contribution < -0.4 is 4.74 Å². The quantitative estimate of drug-likeness (QED) is 0.620. The van der Waals surface area contributed by atoms with Crippen LogP contribution in [0.5, 0.6) is 5.75 Å². The Morgan fingerprint density at radius 1 is 1.20 bits per heavy atom. The van der Waals surface area contributed by atoms with Crippen LogP contribution in [0.1, 0.15) is 33.0 Å². The third-order valence-electron chi connectivity index (χ3n) is 4.15. The summed E-state index contributed by atoms with van der Waals surface area (Å²) in [5.41, 5.74) is 3.69. The standard InChI is InChI=1S/C20H24ClN3O/c1-12(2)9-13(3)11-25-18-6-5-15(10-17(18)21)16-7-8-22-20-19(16)23-14(4)24-20/h5-8,10,12-13H,9,11H2,1-4H3,(H,22,23,24). The summed E-state index contributed by atoms with van der Waals surface area (Å²) in [6.45, 7) is 9.26. The molecular formula is C20H24ClN3O. The second-order valence-electron chi connectivity index (χ2n) is 7.07. The van der Waals surface area contributed by atoms with Crippen molar-refractivity contribution in [2.75, 3.05) is 6.61 Å². The van der Waals surface area contributed by atoms with Crippen molar-refractivity contribution in [3.63, 3.8) is 0 Å². The molecule has 0 aliphatic rings. The minimum Gasteiger partial charge on any atom is -0.492 e. The summed E-state index contributed by atoms with van der Waals surface area (Å²) in [4.78, 5) is 12.0. The Kier molecular flexibility index (Phi) is 5.28. The molecule has 1 atom stereocenters. The largest absolute Gasteiger partial charge is 0.492 e. The highest BCUT2D eigenvalue weighted by Crippen LogP contribution is 2.33. The van der Waals surface area contributed by atoms with Crippen LogP contribution in [0, 0.1) is 18.8 Å². The van der Waals surface area contributed by atoms with Gasteiger partial charge in [-0.1, -0.05) is 38.4 Å². The normalized spacial score (nSPS) is 12.7. The fourth-order valence-electron chi connectivity index (χ4n) is 3.16. The minimum absolute atomic E-state index is 0.503. The average molecular weight is 358 g/mol. The Labute approximate surface area is 153 Å². The monoisotopic (exact) mass is 357 g/mol. The van der Waals surface area contributed by atoms with Crippen molar-refractivity contribution >= 4 is 22.8 Å². The van der Waals surface area contributed by atoms with E-state index in [0.717, 1.165) is 34.6 Å². The molecule has 0 bridgehead atoms. The Balaban J connectivity index is 1.82. The molecule has 25 heavy (non-hydrogen) atoms. The summed E-state index contributed by atoms with van der Waals surface area (Å²) < 4.78 is 5.92. The molecule has 1 unspecified atom stereocenters. The molecule has 132 valence electrons. The first-order valence-corrected chi connectivity index (χ1v) is 9.06. The zero-order valence-corrected chi connectivity index (χ0v) is 15.9. The third kappa shape index (κ3) is 4.13. The smallest absolute Gasteiger partial charge is 0.178 e. The molecule has 0 radical (unpaired) electrons. The summed E-state index contributed by atoms with van der Waals surface area (Å²) in [7, 11) is 0. The molecule has 0 aliphatic carbocycles. The maximum absolute atomic E-state index is 6.46. The van der Waals surface area contributed by atoms with Gasteiger partial charge in [-0.05, 0) is 48.9 Å². The number of rotatable bonds is 6. The van der Waals surface area contributed by atoms with Crippen LogP contribution in [-0.4, -0.2) is 21.6 Å². The van der Waals surface area contributed by atoms with E-state index in [2.05, 4.69) is 35.7 Å². The number of benzene rings is 1. The van der Waals surface area contributed by atoms with Crippen LogP contribution in [0.25, 0.3) is 22.3 Å². The van der Waals surface area contributed by atoms with Crippen molar-refractivity contribution in [2.45, 2.75) is 34.1 Å². The number of nitrogens with one attached hydrogen (secondary N) is 1. The topological polar surface area (TPSA) is 50.8 Å². The highest BCUT2D eigenvalue weighted by molar-refractivity contribution is 6.32. The third-order valence-corrected chi connectivity index (χ3v) is 4.45. The van der Waals surface area contributed by atoms with Gasteiger partial charge in [-0.15, -0.1) is 0 Å². The van der Waals surface area contributed by atoms with Gasteiger partial charge in [0.15, 0.2) is 5.65 Å². The molecule has 2 heterocycles. The van der Waals surface area contributed by atoms with Crippen molar-refractivity contribution < 1.29 is 4.74 Å². The number of hydrogen-bond donors (Lipinski definition) is 1. The summed E-state index contributed by atoms with van der Waals surface area (Å²) in [6, 6.07) is 7.88.